The maximum atomic E-state index is 11.7. The number of aromatic nitrogens is 1. The van der Waals surface area contributed by atoms with E-state index in [0.29, 0.717) is 11.7 Å². The number of alkyl halides is 2. The molecule has 16 heavy (non-hydrogen) atoms. The number of nitrogens with one attached hydrogen (secondary N) is 1. The molecule has 0 spiro atoms. The summed E-state index contributed by atoms with van der Waals surface area (Å²) in [6, 6.07) is 0. The number of thiazole rings is 1. The highest BCUT2D eigenvalue weighted by atomic mass is 32.1. The number of hydrogen-bond acceptors (Lipinski definition) is 5. The van der Waals surface area contributed by atoms with E-state index in [2.05, 4.69) is 15.0 Å². The smallest absolute Gasteiger partial charge is 0.347 e. The minimum absolute atomic E-state index is 0.117. The van der Waals surface area contributed by atoms with Gasteiger partial charge in [-0.2, -0.15) is 0 Å². The van der Waals surface area contributed by atoms with Gasteiger partial charge in [-0.3, -0.25) is 0 Å². The van der Waals surface area contributed by atoms with E-state index in [1.54, 1.807) is 0 Å². The number of carbonyl (C=O) groups is 1. The van der Waals surface area contributed by atoms with Crippen molar-refractivity contribution in [3.05, 3.63) is 11.1 Å². The van der Waals surface area contributed by atoms with Gasteiger partial charge in [-0.25, -0.2) is 18.6 Å². The number of carboxylic acid groups (broad SMARTS) is 1. The molecule has 0 atom stereocenters. The Kier molecular flexibility index (Phi) is 5.06. The summed E-state index contributed by atoms with van der Waals surface area (Å²) >= 11 is 0.980. The number of carboxylic acids is 1. The van der Waals surface area contributed by atoms with E-state index in [9.17, 15) is 13.6 Å². The van der Waals surface area contributed by atoms with E-state index in [1.807, 2.05) is 0 Å². The van der Waals surface area contributed by atoms with Crippen LogP contribution in [-0.4, -0.2) is 42.2 Å². The zero-order valence-corrected chi connectivity index (χ0v) is 8.97. The average Bonchev–Trinajstić information content (AvgIpc) is 2.65. The summed E-state index contributed by atoms with van der Waals surface area (Å²) in [7, 11) is 0. The average molecular weight is 252 g/mol. The predicted molar refractivity (Wildman–Crippen MR) is 54.4 cm³/mol. The van der Waals surface area contributed by atoms with Gasteiger partial charge in [-0.1, -0.05) is 11.3 Å². The lowest BCUT2D eigenvalue weighted by Crippen LogP contribution is -2.12. The standard InChI is InChI=1S/C8H10F2N2O3S/c9-6(10)4-15-2-1-11-8-12-3-5(16-8)7(13)14/h3,6H,1-2,4H2,(H,11,12)(H,13,14). The van der Waals surface area contributed by atoms with Gasteiger partial charge in [-0.15, -0.1) is 0 Å². The van der Waals surface area contributed by atoms with Crippen molar-refractivity contribution in [2.75, 3.05) is 25.1 Å². The van der Waals surface area contributed by atoms with Gasteiger partial charge in [0.2, 0.25) is 0 Å². The molecule has 1 aromatic heterocycles. The first-order chi connectivity index (χ1) is 7.59. The lowest BCUT2D eigenvalue weighted by atomic mass is 10.6. The van der Waals surface area contributed by atoms with E-state index in [4.69, 9.17) is 5.11 Å². The summed E-state index contributed by atoms with van der Waals surface area (Å²) in [4.78, 5) is 14.4. The lowest BCUT2D eigenvalue weighted by Gasteiger charge is -2.03. The normalized spacial score (nSPS) is 10.7. The Morgan fingerprint density at radius 3 is 3.00 bits per heavy atom. The Morgan fingerprint density at radius 1 is 1.69 bits per heavy atom. The van der Waals surface area contributed by atoms with Crippen LogP contribution in [0.2, 0.25) is 0 Å². The van der Waals surface area contributed by atoms with Crippen LogP contribution in [0.25, 0.3) is 0 Å². The number of anilines is 1. The van der Waals surface area contributed by atoms with Crippen LogP contribution in [0, 0.1) is 0 Å². The fraction of sp³-hybridized carbons (Fsp3) is 0.500. The molecule has 0 saturated heterocycles. The summed E-state index contributed by atoms with van der Waals surface area (Å²) in [5.74, 6) is -1.04. The molecule has 8 heteroatoms. The fourth-order valence-electron chi connectivity index (χ4n) is 0.857. The topological polar surface area (TPSA) is 71.5 Å². The number of aromatic carboxylic acids is 1. The molecule has 0 fully saturated rings. The monoisotopic (exact) mass is 252 g/mol. The van der Waals surface area contributed by atoms with E-state index in [0.717, 1.165) is 11.3 Å². The number of nitrogens with zero attached hydrogens (tertiary/aromatic N) is 1. The Balaban J connectivity index is 2.19. The molecule has 90 valence electrons. The Hall–Kier alpha value is -1.28. The Bertz CT molecular complexity index is 346. The number of ether oxygens (including phenoxy) is 1. The maximum Gasteiger partial charge on any atom is 0.347 e. The van der Waals surface area contributed by atoms with Crippen LogP contribution < -0.4 is 5.32 Å². The minimum Gasteiger partial charge on any atom is -0.477 e. The van der Waals surface area contributed by atoms with Crippen LogP contribution in [0.3, 0.4) is 0 Å². The van der Waals surface area contributed by atoms with Crippen molar-refractivity contribution in [3.8, 4) is 0 Å². The van der Waals surface area contributed by atoms with Crippen LogP contribution in [0.4, 0.5) is 13.9 Å². The highest BCUT2D eigenvalue weighted by Gasteiger charge is 2.07. The van der Waals surface area contributed by atoms with Crippen molar-refractivity contribution < 1.29 is 23.4 Å². The molecule has 0 aliphatic rings. The second kappa shape index (κ2) is 6.33. The van der Waals surface area contributed by atoms with Crippen LogP contribution >= 0.6 is 11.3 Å². The summed E-state index contributed by atoms with van der Waals surface area (Å²) in [6.07, 6.45) is -1.24. The molecule has 1 aromatic rings. The van der Waals surface area contributed by atoms with Gasteiger partial charge in [-0.05, 0) is 0 Å². The largest absolute Gasteiger partial charge is 0.477 e. The molecular weight excluding hydrogens is 242 g/mol. The van der Waals surface area contributed by atoms with Gasteiger partial charge in [0.25, 0.3) is 6.43 Å². The summed E-state index contributed by atoms with van der Waals surface area (Å²) in [5.41, 5.74) is 0. The molecule has 1 rings (SSSR count). The first-order valence-electron chi connectivity index (χ1n) is 4.38. The maximum absolute atomic E-state index is 11.7. The third kappa shape index (κ3) is 4.49. The van der Waals surface area contributed by atoms with E-state index in [-0.39, 0.29) is 11.5 Å². The quantitative estimate of drug-likeness (QED) is 0.720. The zero-order chi connectivity index (χ0) is 12.0. The molecule has 1 heterocycles. The van der Waals surface area contributed by atoms with Gasteiger partial charge < -0.3 is 15.2 Å². The van der Waals surface area contributed by atoms with Crippen molar-refractivity contribution in [3.63, 3.8) is 0 Å². The molecule has 0 amide bonds. The molecule has 0 aliphatic heterocycles. The van der Waals surface area contributed by atoms with Crippen molar-refractivity contribution in [1.29, 1.82) is 0 Å². The number of rotatable bonds is 7. The molecular formula is C8H10F2N2O3S. The molecule has 0 aromatic carbocycles. The zero-order valence-electron chi connectivity index (χ0n) is 8.15. The Morgan fingerprint density at radius 2 is 2.44 bits per heavy atom. The first-order valence-corrected chi connectivity index (χ1v) is 5.20. The van der Waals surface area contributed by atoms with E-state index < -0.39 is 19.0 Å². The summed E-state index contributed by atoms with van der Waals surface area (Å²) in [6.45, 7) is -0.175. The molecule has 0 saturated carbocycles. The van der Waals surface area contributed by atoms with Crippen LogP contribution in [-0.2, 0) is 4.74 Å². The van der Waals surface area contributed by atoms with Crippen LogP contribution in [0.5, 0.6) is 0 Å². The fourth-order valence-corrected chi connectivity index (χ4v) is 1.54. The van der Waals surface area contributed by atoms with Crippen molar-refractivity contribution >= 4 is 22.4 Å². The van der Waals surface area contributed by atoms with Gasteiger partial charge in [0.05, 0.1) is 12.8 Å². The van der Waals surface area contributed by atoms with E-state index in [1.165, 1.54) is 6.20 Å². The Labute approximate surface area is 94.1 Å². The second-order valence-electron chi connectivity index (χ2n) is 2.73. The summed E-state index contributed by atoms with van der Waals surface area (Å²) in [5, 5.41) is 11.8. The lowest BCUT2D eigenvalue weighted by molar-refractivity contribution is 0.0215. The van der Waals surface area contributed by atoms with Crippen molar-refractivity contribution in [2.24, 2.45) is 0 Å². The van der Waals surface area contributed by atoms with Gasteiger partial charge in [0, 0.05) is 6.54 Å². The highest BCUT2D eigenvalue weighted by Crippen LogP contribution is 2.17. The predicted octanol–water partition coefficient (Wildman–Crippen LogP) is 1.53. The second-order valence-corrected chi connectivity index (χ2v) is 3.76. The third-order valence-electron chi connectivity index (χ3n) is 1.48. The van der Waals surface area contributed by atoms with Gasteiger partial charge >= 0.3 is 5.97 Å². The molecule has 0 radical (unpaired) electrons. The molecule has 0 bridgehead atoms. The first kappa shape index (κ1) is 12.8. The van der Waals surface area contributed by atoms with Crippen molar-refractivity contribution in [1.82, 2.24) is 4.98 Å². The molecule has 0 unspecified atom stereocenters. The van der Waals surface area contributed by atoms with Crippen LogP contribution in [0.15, 0.2) is 6.20 Å². The van der Waals surface area contributed by atoms with Crippen LogP contribution in [0.1, 0.15) is 9.67 Å². The van der Waals surface area contributed by atoms with Crippen molar-refractivity contribution in [2.45, 2.75) is 6.43 Å². The third-order valence-corrected chi connectivity index (χ3v) is 2.43. The van der Waals surface area contributed by atoms with E-state index >= 15 is 0 Å². The molecule has 5 nitrogen and oxygen atoms in total. The summed E-state index contributed by atoms with van der Waals surface area (Å²) < 4.78 is 27.9. The number of hydrogen-bond donors (Lipinski definition) is 2. The SMILES string of the molecule is O=C(O)c1cnc(NCCOCC(F)F)s1. The highest BCUT2D eigenvalue weighted by molar-refractivity contribution is 7.17. The minimum atomic E-state index is -2.47. The molecule has 2 N–H and O–H groups in total. The van der Waals surface area contributed by atoms with Gasteiger partial charge in [0.15, 0.2) is 5.13 Å². The number of halogens is 2. The molecule has 0 aliphatic carbocycles. The van der Waals surface area contributed by atoms with Gasteiger partial charge in [0.1, 0.15) is 11.5 Å².